The van der Waals surface area contributed by atoms with Gasteiger partial charge in [0.25, 0.3) is 0 Å². The maximum atomic E-state index is 12.4. The predicted molar refractivity (Wildman–Crippen MR) is 82.5 cm³/mol. The third-order valence-electron chi connectivity index (χ3n) is 2.76. The maximum Gasteiger partial charge on any atom is 0.387 e. The fraction of sp³-hybridized carbons (Fsp3) is 0.0714. The lowest BCUT2D eigenvalue weighted by Crippen LogP contribution is -2.07. The summed E-state index contributed by atoms with van der Waals surface area (Å²) in [5.41, 5.74) is 0.961. The van der Waals surface area contributed by atoms with Crippen molar-refractivity contribution >= 4 is 38.7 Å². The average Bonchev–Trinajstić information content (AvgIpc) is 3.13. The Bertz CT molecular complexity index is 846. The summed E-state index contributed by atoms with van der Waals surface area (Å²) in [6, 6.07) is 4.70. The average molecular weight is 336 g/mol. The zero-order chi connectivity index (χ0) is 16.2. The van der Waals surface area contributed by atoms with Gasteiger partial charge in [-0.3, -0.25) is 10.1 Å². The zero-order valence-electron chi connectivity index (χ0n) is 11.5. The summed E-state index contributed by atoms with van der Waals surface area (Å²) in [5, 5.41) is 2.87. The number of thiazole rings is 1. The molecule has 0 aliphatic heterocycles. The van der Waals surface area contributed by atoms with E-state index in [1.54, 1.807) is 24.4 Å². The van der Waals surface area contributed by atoms with E-state index in [0.29, 0.717) is 15.5 Å². The van der Waals surface area contributed by atoms with Crippen molar-refractivity contribution in [2.24, 2.45) is 0 Å². The molecule has 0 bridgehead atoms. The molecule has 0 unspecified atom stereocenters. The van der Waals surface area contributed by atoms with Gasteiger partial charge in [0.2, 0.25) is 5.91 Å². The van der Waals surface area contributed by atoms with Crippen LogP contribution in [0.5, 0.6) is 5.75 Å². The van der Waals surface area contributed by atoms with Crippen LogP contribution in [0.1, 0.15) is 5.69 Å². The number of hydrogen-bond acceptors (Lipinski definition) is 5. The number of ether oxygens (including phenoxy) is 1. The van der Waals surface area contributed by atoms with Crippen molar-refractivity contribution in [2.45, 2.75) is 6.61 Å². The fourth-order valence-corrected chi connectivity index (χ4v) is 2.72. The van der Waals surface area contributed by atoms with Crippen LogP contribution in [0.4, 0.5) is 13.9 Å². The molecule has 1 aromatic carbocycles. The number of amides is 1. The lowest BCUT2D eigenvalue weighted by atomic mass is 10.3. The smallest absolute Gasteiger partial charge is 0.387 e. The van der Waals surface area contributed by atoms with Gasteiger partial charge in [0, 0.05) is 6.08 Å². The number of carbonyl (C=O) groups excluding carboxylic acids is 1. The summed E-state index contributed by atoms with van der Waals surface area (Å²) in [6.07, 6.45) is 5.93. The topological polar surface area (TPSA) is 79.9 Å². The van der Waals surface area contributed by atoms with Crippen LogP contribution in [-0.2, 0) is 4.79 Å². The number of alkyl halides is 2. The first-order chi connectivity index (χ1) is 11.1. The first-order valence-electron chi connectivity index (χ1n) is 6.43. The molecule has 6 nitrogen and oxygen atoms in total. The normalized spacial score (nSPS) is 11.4. The van der Waals surface area contributed by atoms with Gasteiger partial charge in [-0.05, 0) is 18.2 Å². The van der Waals surface area contributed by atoms with Gasteiger partial charge >= 0.3 is 6.61 Å². The summed E-state index contributed by atoms with van der Waals surface area (Å²) in [7, 11) is 0. The number of aromatic nitrogens is 3. The van der Waals surface area contributed by atoms with E-state index in [1.807, 2.05) is 0 Å². The number of hydrogen-bond donors (Lipinski definition) is 2. The van der Waals surface area contributed by atoms with Crippen LogP contribution >= 0.6 is 11.3 Å². The van der Waals surface area contributed by atoms with Gasteiger partial charge in [0.05, 0.1) is 22.9 Å². The van der Waals surface area contributed by atoms with Crippen molar-refractivity contribution in [3.63, 3.8) is 0 Å². The van der Waals surface area contributed by atoms with E-state index in [-0.39, 0.29) is 11.3 Å². The molecular weight excluding hydrogens is 326 g/mol. The number of carbonyl (C=O) groups is 1. The number of anilines is 1. The molecule has 2 N–H and O–H groups in total. The molecule has 1 amide bonds. The molecule has 0 aliphatic rings. The lowest BCUT2D eigenvalue weighted by molar-refractivity contribution is -0.111. The Hall–Kier alpha value is -2.81. The molecule has 0 aliphatic carbocycles. The van der Waals surface area contributed by atoms with Gasteiger partial charge in [0.15, 0.2) is 10.9 Å². The van der Waals surface area contributed by atoms with E-state index < -0.39 is 12.5 Å². The number of halogens is 2. The van der Waals surface area contributed by atoms with Crippen molar-refractivity contribution in [3.8, 4) is 5.75 Å². The third kappa shape index (κ3) is 3.69. The second-order valence-electron chi connectivity index (χ2n) is 4.33. The first kappa shape index (κ1) is 15.1. The van der Waals surface area contributed by atoms with Crippen LogP contribution in [0.15, 0.2) is 36.8 Å². The molecule has 0 atom stereocenters. The predicted octanol–water partition coefficient (Wildman–Crippen LogP) is 3.27. The summed E-state index contributed by atoms with van der Waals surface area (Å²) in [6.45, 7) is -2.93. The zero-order valence-corrected chi connectivity index (χ0v) is 12.3. The molecule has 2 heterocycles. The molecule has 9 heteroatoms. The van der Waals surface area contributed by atoms with Crippen LogP contribution in [0.3, 0.4) is 0 Å². The third-order valence-corrected chi connectivity index (χ3v) is 3.70. The number of aromatic amines is 1. The Labute approximate surface area is 132 Å². The van der Waals surface area contributed by atoms with Gasteiger partial charge in [0.1, 0.15) is 5.52 Å². The first-order valence-corrected chi connectivity index (χ1v) is 7.25. The fourth-order valence-electron chi connectivity index (χ4n) is 1.84. The molecular formula is C14H10F2N4O2S. The summed E-state index contributed by atoms with van der Waals surface area (Å²) < 4.78 is 29.8. The van der Waals surface area contributed by atoms with E-state index in [9.17, 15) is 13.6 Å². The minimum Gasteiger partial charge on any atom is -0.432 e. The van der Waals surface area contributed by atoms with Crippen molar-refractivity contribution in [3.05, 3.63) is 42.5 Å². The van der Waals surface area contributed by atoms with Crippen LogP contribution in [0, 0.1) is 0 Å². The lowest BCUT2D eigenvalue weighted by Gasteiger charge is -2.03. The van der Waals surface area contributed by atoms with E-state index in [1.165, 1.54) is 29.8 Å². The second kappa shape index (κ2) is 6.53. The van der Waals surface area contributed by atoms with Crippen molar-refractivity contribution in [1.29, 1.82) is 0 Å². The number of nitrogens with one attached hydrogen (secondary N) is 2. The molecule has 23 heavy (non-hydrogen) atoms. The largest absolute Gasteiger partial charge is 0.432 e. The molecule has 3 rings (SSSR count). The summed E-state index contributed by atoms with van der Waals surface area (Å²) in [5.74, 6) is -0.419. The Balaban J connectivity index is 1.77. The van der Waals surface area contributed by atoms with Crippen molar-refractivity contribution in [2.75, 3.05) is 5.32 Å². The minimum absolute atomic E-state index is 0.0257. The molecule has 3 aromatic rings. The molecule has 0 radical (unpaired) electrons. The van der Waals surface area contributed by atoms with Crippen LogP contribution in [-0.4, -0.2) is 27.5 Å². The van der Waals surface area contributed by atoms with Crippen molar-refractivity contribution < 1.29 is 18.3 Å². The van der Waals surface area contributed by atoms with Crippen molar-refractivity contribution in [1.82, 2.24) is 15.0 Å². The van der Waals surface area contributed by atoms with E-state index >= 15 is 0 Å². The molecule has 0 fully saturated rings. The monoisotopic (exact) mass is 336 g/mol. The van der Waals surface area contributed by atoms with Gasteiger partial charge in [-0.2, -0.15) is 8.78 Å². The number of rotatable bonds is 5. The van der Waals surface area contributed by atoms with Gasteiger partial charge in [-0.15, -0.1) is 0 Å². The highest BCUT2D eigenvalue weighted by Gasteiger charge is 2.13. The van der Waals surface area contributed by atoms with Crippen LogP contribution in [0.25, 0.3) is 16.3 Å². The minimum atomic E-state index is -2.93. The highest BCUT2D eigenvalue weighted by molar-refractivity contribution is 7.22. The SMILES string of the molecule is O=C(/C=C/c1cnc[nH]1)Nc1nc2c(OC(F)F)cccc2s1. The number of para-hydroxylation sites is 1. The number of imidazole rings is 1. The molecule has 118 valence electrons. The Morgan fingerprint density at radius 2 is 2.30 bits per heavy atom. The maximum absolute atomic E-state index is 12.4. The number of benzene rings is 1. The van der Waals surface area contributed by atoms with Crippen LogP contribution in [0.2, 0.25) is 0 Å². The second-order valence-corrected chi connectivity index (χ2v) is 5.36. The summed E-state index contributed by atoms with van der Waals surface area (Å²) >= 11 is 1.17. The van der Waals surface area contributed by atoms with Gasteiger partial charge in [-0.1, -0.05) is 17.4 Å². The molecule has 0 spiro atoms. The van der Waals surface area contributed by atoms with E-state index in [0.717, 1.165) is 0 Å². The Morgan fingerprint density at radius 3 is 3.04 bits per heavy atom. The van der Waals surface area contributed by atoms with Crippen LogP contribution < -0.4 is 10.1 Å². The number of nitrogens with zero attached hydrogens (tertiary/aromatic N) is 2. The molecule has 0 saturated heterocycles. The Morgan fingerprint density at radius 1 is 1.43 bits per heavy atom. The summed E-state index contributed by atoms with van der Waals surface area (Å²) in [4.78, 5) is 22.6. The van der Waals surface area contributed by atoms with E-state index in [2.05, 4.69) is 25.0 Å². The molecule has 0 saturated carbocycles. The Kier molecular flexibility index (Phi) is 4.29. The van der Waals surface area contributed by atoms with Gasteiger partial charge < -0.3 is 9.72 Å². The quantitative estimate of drug-likeness (QED) is 0.701. The van der Waals surface area contributed by atoms with Gasteiger partial charge in [-0.25, -0.2) is 9.97 Å². The highest BCUT2D eigenvalue weighted by atomic mass is 32.1. The highest BCUT2D eigenvalue weighted by Crippen LogP contribution is 2.33. The van der Waals surface area contributed by atoms with E-state index in [4.69, 9.17) is 0 Å². The number of fused-ring (bicyclic) bond motifs is 1. The number of H-pyrrole nitrogens is 1. The standard InChI is InChI=1S/C14H10F2N4O2S/c15-13(16)22-9-2-1-3-10-12(9)20-14(23-10)19-11(21)5-4-8-6-17-7-18-8/h1-7,13H,(H,17,18)(H,19,20,21)/b5-4+. The molecule has 2 aromatic heterocycles.